The molecule has 9 aromatic rings. The van der Waals surface area contributed by atoms with E-state index in [0.717, 1.165) is 74.1 Å². The van der Waals surface area contributed by atoms with Crippen LogP contribution in [0.1, 0.15) is 39.3 Å². The van der Waals surface area contributed by atoms with Crippen molar-refractivity contribution in [1.82, 2.24) is 50.3 Å². The summed E-state index contributed by atoms with van der Waals surface area (Å²) in [6.45, 7) is 5.47. The van der Waals surface area contributed by atoms with Crippen LogP contribution in [0.25, 0.3) is 33.2 Å². The van der Waals surface area contributed by atoms with Gasteiger partial charge in [-0.2, -0.15) is 15.3 Å². The number of thiophene rings is 2. The number of urea groups is 3. The summed E-state index contributed by atoms with van der Waals surface area (Å²) in [6, 6.07) is 25.0. The molecule has 9 heterocycles. The normalized spacial score (nSPS) is 13.6. The summed E-state index contributed by atoms with van der Waals surface area (Å²) in [5, 5.41) is 36.9. The Morgan fingerprint density at radius 3 is 1.45 bits per heavy atom. The van der Waals surface area contributed by atoms with Crippen LogP contribution in [0, 0.1) is 6.92 Å². The Morgan fingerprint density at radius 1 is 0.581 bits per heavy atom. The van der Waals surface area contributed by atoms with Gasteiger partial charge in [-0.3, -0.25) is 15.3 Å². The number of rotatable bonds is 6. The Bertz CT molecular complexity index is 3310. The first-order chi connectivity index (χ1) is 35.9. The standard InChI is InChI=1S/C18H17ClN4OS.C17H14Cl2N4OS.C16H14ClN5O2/c1-11-6-8-25-17(11)16-14-10-23(7-5-15(14)21-22-16)18(24)20-13-4-2-3-12(19)9-13;18-10-2-1-3-11(8-10)20-17(24)23-6-4-14-13(9-23)15(22-21-14)12-5-7-25-16(12)19;17-10-2-1-3-11(6-10)19-16(23)22-5-4-13-12(7-22)15(21-20-13)14-8-24-9-18-14/h2-4,6,8-9H,5,7,10H2,1H3,(H,20,24)(H,21,22);1-3,5,7-8H,4,6,9H2,(H,20,24)(H,21,22);1-3,6,8-9H,4-5,7H2,(H,19,23)(H,20,21). The minimum Gasteiger partial charge on any atom is -0.451 e. The first-order valence-electron chi connectivity index (χ1n) is 23.2. The average Bonchev–Trinajstić information content (AvgIpc) is 4.27. The molecule has 3 aliphatic heterocycles. The first kappa shape index (κ1) is 50.4. The molecule has 0 aliphatic carbocycles. The molecular formula is C51H45Cl4N13O4S2. The summed E-state index contributed by atoms with van der Waals surface area (Å²) in [5.41, 5.74) is 13.6. The fraction of sp³-hybridized carbons (Fsp3) is 0.196. The van der Waals surface area contributed by atoms with Gasteiger partial charge >= 0.3 is 18.1 Å². The molecule has 3 aromatic carbocycles. The van der Waals surface area contributed by atoms with Crippen LogP contribution >= 0.6 is 69.1 Å². The number of nitrogens with one attached hydrogen (secondary N) is 6. The van der Waals surface area contributed by atoms with Crippen LogP contribution < -0.4 is 16.0 Å². The van der Waals surface area contributed by atoms with Gasteiger partial charge in [0.1, 0.15) is 27.7 Å². The quantitative estimate of drug-likeness (QED) is 0.0941. The molecular weight excluding hydrogens is 1060 g/mol. The van der Waals surface area contributed by atoms with Gasteiger partial charge in [-0.25, -0.2) is 19.4 Å². The van der Waals surface area contributed by atoms with Crippen LogP contribution in [0.4, 0.5) is 31.4 Å². The molecule has 12 rings (SSSR count). The van der Waals surface area contributed by atoms with Gasteiger partial charge in [0.05, 0.1) is 30.2 Å². The topological polar surface area (TPSA) is 209 Å². The molecule has 6 N–H and O–H groups in total. The number of carbonyl (C=O) groups is 3. The van der Waals surface area contributed by atoms with Crippen molar-refractivity contribution >= 4 is 104 Å². The molecule has 6 aromatic heterocycles. The van der Waals surface area contributed by atoms with Gasteiger partial charge < -0.3 is 35.1 Å². The third kappa shape index (κ3) is 11.5. The molecule has 0 saturated heterocycles. The molecule has 0 spiro atoms. The zero-order chi connectivity index (χ0) is 51.3. The highest BCUT2D eigenvalue weighted by Gasteiger charge is 2.30. The van der Waals surface area contributed by atoms with E-state index in [1.54, 1.807) is 82.0 Å². The number of aryl methyl sites for hydroxylation is 1. The highest BCUT2D eigenvalue weighted by molar-refractivity contribution is 7.15. The average molecular weight is 1110 g/mol. The molecule has 0 radical (unpaired) electrons. The third-order valence-electron chi connectivity index (χ3n) is 12.5. The van der Waals surface area contributed by atoms with Gasteiger partial charge in [0, 0.05) is 110 Å². The van der Waals surface area contributed by atoms with Gasteiger partial charge in [-0.05, 0) is 90.0 Å². The maximum absolute atomic E-state index is 12.6. The van der Waals surface area contributed by atoms with E-state index in [9.17, 15) is 14.4 Å². The number of hydrogen-bond donors (Lipinski definition) is 6. The highest BCUT2D eigenvalue weighted by atomic mass is 35.5. The van der Waals surface area contributed by atoms with Crippen LogP contribution in [0.3, 0.4) is 0 Å². The lowest BCUT2D eigenvalue weighted by Crippen LogP contribution is -2.38. The Hall–Kier alpha value is -7.13. The fourth-order valence-electron chi connectivity index (χ4n) is 8.74. The number of aromatic amines is 3. The number of anilines is 3. The molecule has 0 atom stereocenters. The molecule has 0 bridgehead atoms. The largest absolute Gasteiger partial charge is 0.451 e. The molecule has 74 heavy (non-hydrogen) atoms. The second-order valence-electron chi connectivity index (χ2n) is 17.3. The van der Waals surface area contributed by atoms with Crippen molar-refractivity contribution < 1.29 is 18.8 Å². The Kier molecular flexibility index (Phi) is 15.4. The highest BCUT2D eigenvalue weighted by Crippen LogP contribution is 2.37. The molecule has 6 amide bonds. The first-order valence-corrected chi connectivity index (χ1v) is 26.5. The van der Waals surface area contributed by atoms with Crippen LogP contribution in [-0.2, 0) is 38.9 Å². The van der Waals surface area contributed by atoms with Crippen LogP contribution in [0.15, 0.2) is 113 Å². The van der Waals surface area contributed by atoms with Crippen molar-refractivity contribution in [2.45, 2.75) is 45.8 Å². The number of H-pyrrole nitrogens is 3. The van der Waals surface area contributed by atoms with E-state index < -0.39 is 0 Å². The predicted octanol–water partition coefficient (Wildman–Crippen LogP) is 13.0. The predicted molar refractivity (Wildman–Crippen MR) is 291 cm³/mol. The second-order valence-corrected chi connectivity index (χ2v) is 21.1. The lowest BCUT2D eigenvalue weighted by atomic mass is 10.0. The van der Waals surface area contributed by atoms with Crippen LogP contribution in [0.2, 0.25) is 19.4 Å². The van der Waals surface area contributed by atoms with Gasteiger partial charge in [0.2, 0.25) is 0 Å². The summed E-state index contributed by atoms with van der Waals surface area (Å²) in [5.74, 6) is 0. The van der Waals surface area contributed by atoms with Gasteiger partial charge in [0.25, 0.3) is 0 Å². The van der Waals surface area contributed by atoms with E-state index in [1.807, 2.05) is 34.5 Å². The van der Waals surface area contributed by atoms with E-state index in [4.69, 9.17) is 50.8 Å². The molecule has 378 valence electrons. The number of amides is 6. The van der Waals surface area contributed by atoms with Crippen molar-refractivity contribution in [3.63, 3.8) is 0 Å². The van der Waals surface area contributed by atoms with Crippen LogP contribution in [0.5, 0.6) is 0 Å². The molecule has 3 aliphatic rings. The third-order valence-corrected chi connectivity index (χ3v) is 15.4. The number of aromatic nitrogens is 7. The number of halogens is 4. The second kappa shape index (κ2) is 22.6. The SMILES string of the molecule is Cc1ccsc1-c1n[nH]c2c1CN(C(=O)Nc1cccc(Cl)c1)CC2.O=C(Nc1cccc(Cl)c1)N1CCc2[nH]nc(-c3ccsc3Cl)c2C1.O=C(Nc1cccc(Cl)c1)N1CCc2[nH]nc(-c3cocn3)c2C1. The molecule has 23 heteroatoms. The zero-order valence-electron chi connectivity index (χ0n) is 39.3. The lowest BCUT2D eigenvalue weighted by Gasteiger charge is -2.27. The van der Waals surface area contributed by atoms with Crippen molar-refractivity contribution in [2.24, 2.45) is 0 Å². The summed E-state index contributed by atoms with van der Waals surface area (Å²) < 4.78 is 5.73. The van der Waals surface area contributed by atoms with Gasteiger partial charge in [0.15, 0.2) is 6.39 Å². The van der Waals surface area contributed by atoms with Crippen molar-refractivity contribution in [3.8, 4) is 33.2 Å². The smallest absolute Gasteiger partial charge is 0.322 e. The molecule has 0 fully saturated rings. The van der Waals surface area contributed by atoms with E-state index in [2.05, 4.69) is 69.9 Å². The molecule has 0 saturated carbocycles. The zero-order valence-corrected chi connectivity index (χ0v) is 44.0. The summed E-state index contributed by atoms with van der Waals surface area (Å²) in [7, 11) is 0. The number of hydrogen-bond acceptors (Lipinski definition) is 10. The minimum absolute atomic E-state index is 0.122. The maximum atomic E-state index is 12.6. The Morgan fingerprint density at radius 2 is 1.03 bits per heavy atom. The van der Waals surface area contributed by atoms with E-state index in [0.29, 0.717) is 87.8 Å². The number of nitrogens with zero attached hydrogens (tertiary/aromatic N) is 7. The van der Waals surface area contributed by atoms with Crippen molar-refractivity contribution in [3.05, 3.63) is 167 Å². The summed E-state index contributed by atoms with van der Waals surface area (Å²) in [6.07, 6.45) is 5.12. The lowest BCUT2D eigenvalue weighted by molar-refractivity contribution is 0.205. The van der Waals surface area contributed by atoms with Crippen molar-refractivity contribution in [2.75, 3.05) is 35.6 Å². The van der Waals surface area contributed by atoms with E-state index >= 15 is 0 Å². The molecule has 17 nitrogen and oxygen atoms in total. The summed E-state index contributed by atoms with van der Waals surface area (Å²) >= 11 is 27.3. The molecule has 0 unspecified atom stereocenters. The Labute approximate surface area is 452 Å². The number of oxazole rings is 1. The monoisotopic (exact) mass is 1110 g/mol. The van der Waals surface area contributed by atoms with Gasteiger partial charge in [-0.15, -0.1) is 22.7 Å². The number of carbonyl (C=O) groups excluding carboxylic acids is 3. The number of benzene rings is 3. The fourth-order valence-corrected chi connectivity index (χ4v) is 11.2. The summed E-state index contributed by atoms with van der Waals surface area (Å²) in [4.78, 5) is 48.3. The maximum Gasteiger partial charge on any atom is 0.322 e. The van der Waals surface area contributed by atoms with Gasteiger partial charge in [-0.1, -0.05) is 64.6 Å². The van der Waals surface area contributed by atoms with Crippen LogP contribution in [-0.4, -0.2) is 88.0 Å². The minimum atomic E-state index is -0.171. The Balaban J connectivity index is 0.000000127. The van der Waals surface area contributed by atoms with Crippen molar-refractivity contribution in [1.29, 1.82) is 0 Å². The number of fused-ring (bicyclic) bond motifs is 3. The van der Waals surface area contributed by atoms with E-state index in [-0.39, 0.29) is 18.1 Å². The van der Waals surface area contributed by atoms with E-state index in [1.165, 1.54) is 23.3 Å².